The summed E-state index contributed by atoms with van der Waals surface area (Å²) in [6.45, 7) is 0.300. The molecule has 3 aromatic heterocycles. The third-order valence-corrected chi connectivity index (χ3v) is 5.93. The molecule has 0 spiro atoms. The van der Waals surface area contributed by atoms with Crippen molar-refractivity contribution in [1.82, 2.24) is 19.9 Å². The predicted molar refractivity (Wildman–Crippen MR) is 140 cm³/mol. The molecule has 0 fully saturated rings. The lowest BCUT2D eigenvalue weighted by Gasteiger charge is -2.16. The van der Waals surface area contributed by atoms with Gasteiger partial charge in [-0.1, -0.05) is 60.7 Å². The molecular weight excluding hydrogens is 482 g/mol. The Labute approximate surface area is 217 Å². The number of hydrogen-bond acceptors (Lipinski definition) is 7. The van der Waals surface area contributed by atoms with E-state index in [2.05, 4.69) is 15.3 Å². The van der Waals surface area contributed by atoms with Crippen LogP contribution in [-0.4, -0.2) is 25.7 Å². The number of aromatic hydroxyl groups is 1. The number of nitriles is 1. The number of nitrogens with one attached hydrogen (secondary N) is 1. The van der Waals surface area contributed by atoms with Crippen molar-refractivity contribution in [2.45, 2.75) is 13.1 Å². The fourth-order valence-electron chi connectivity index (χ4n) is 4.11. The highest BCUT2D eigenvalue weighted by molar-refractivity contribution is 5.94. The summed E-state index contributed by atoms with van der Waals surface area (Å²) in [6.07, 6.45) is 2.32. The second kappa shape index (κ2) is 10.6. The molecule has 0 saturated carbocycles. The molecule has 0 radical (unpaired) electrons. The predicted octanol–water partition coefficient (Wildman–Crippen LogP) is 4.37. The van der Waals surface area contributed by atoms with Gasteiger partial charge in [0.05, 0.1) is 12.1 Å². The zero-order valence-electron chi connectivity index (χ0n) is 20.0. The van der Waals surface area contributed by atoms with E-state index in [1.165, 1.54) is 10.6 Å². The number of carbonyl (C=O) groups is 1. The van der Waals surface area contributed by atoms with E-state index in [-0.39, 0.29) is 35.2 Å². The average Bonchev–Trinajstić information content (AvgIpc) is 2.96. The van der Waals surface area contributed by atoms with Gasteiger partial charge in [0.1, 0.15) is 6.07 Å². The van der Waals surface area contributed by atoms with Crippen molar-refractivity contribution in [3.8, 4) is 28.8 Å². The Morgan fingerprint density at radius 2 is 1.68 bits per heavy atom. The first-order valence-corrected chi connectivity index (χ1v) is 11.7. The van der Waals surface area contributed by atoms with Crippen LogP contribution < -0.4 is 15.6 Å². The number of fused-ring (bicyclic) bond motifs is 1. The van der Waals surface area contributed by atoms with Gasteiger partial charge in [-0.3, -0.25) is 9.78 Å². The van der Waals surface area contributed by atoms with Gasteiger partial charge in [-0.15, -0.1) is 0 Å². The number of nitrogens with zero attached hydrogens (tertiary/aromatic N) is 4. The van der Waals surface area contributed by atoms with Crippen LogP contribution in [0, 0.1) is 11.3 Å². The van der Waals surface area contributed by atoms with Crippen LogP contribution in [0.15, 0.2) is 96.1 Å². The third kappa shape index (κ3) is 4.92. The molecule has 38 heavy (non-hydrogen) atoms. The van der Waals surface area contributed by atoms with Crippen molar-refractivity contribution in [3.63, 3.8) is 0 Å². The fourth-order valence-corrected chi connectivity index (χ4v) is 4.11. The number of carbonyl (C=O) groups excluding carboxylic acids is 1. The first-order chi connectivity index (χ1) is 18.5. The Morgan fingerprint density at radius 3 is 2.37 bits per heavy atom. The zero-order valence-corrected chi connectivity index (χ0v) is 20.0. The maximum absolute atomic E-state index is 13.7. The average molecular weight is 504 g/mol. The van der Waals surface area contributed by atoms with Crippen molar-refractivity contribution in [3.05, 3.63) is 118 Å². The van der Waals surface area contributed by atoms with Gasteiger partial charge in [-0.25, -0.2) is 4.79 Å². The molecule has 0 saturated heterocycles. The number of hydrogen-bond donors (Lipinski definition) is 2. The van der Waals surface area contributed by atoms with Crippen molar-refractivity contribution in [2.24, 2.45) is 0 Å². The van der Waals surface area contributed by atoms with Crippen molar-refractivity contribution in [1.29, 1.82) is 5.26 Å². The van der Waals surface area contributed by atoms with E-state index >= 15 is 0 Å². The summed E-state index contributed by atoms with van der Waals surface area (Å²) in [7, 11) is 0. The van der Waals surface area contributed by atoms with Gasteiger partial charge in [0.2, 0.25) is 0 Å². The lowest BCUT2D eigenvalue weighted by atomic mass is 10.0. The molecule has 0 unspecified atom stereocenters. The first kappa shape index (κ1) is 24.2. The summed E-state index contributed by atoms with van der Waals surface area (Å²) in [5, 5.41) is 23.8. The molecule has 1 amide bonds. The Balaban J connectivity index is 1.62. The molecule has 0 aliphatic carbocycles. The van der Waals surface area contributed by atoms with Gasteiger partial charge in [0.25, 0.3) is 11.4 Å². The normalized spacial score (nSPS) is 10.6. The highest BCUT2D eigenvalue weighted by atomic mass is 16.6. The molecule has 5 aromatic rings. The molecule has 0 aliphatic rings. The van der Waals surface area contributed by atoms with Crippen molar-refractivity contribution < 1.29 is 14.6 Å². The number of rotatable bonds is 6. The Hall–Kier alpha value is -5.49. The van der Waals surface area contributed by atoms with Crippen molar-refractivity contribution in [2.75, 3.05) is 0 Å². The summed E-state index contributed by atoms with van der Waals surface area (Å²) in [5.74, 6) is -0.901. The minimum atomic E-state index is -0.867. The monoisotopic (exact) mass is 503 g/mol. The van der Waals surface area contributed by atoms with E-state index in [4.69, 9.17) is 4.74 Å². The van der Waals surface area contributed by atoms with Crippen LogP contribution in [0.25, 0.3) is 22.0 Å². The molecule has 5 rings (SSSR count). The van der Waals surface area contributed by atoms with E-state index in [0.29, 0.717) is 11.1 Å². The van der Waals surface area contributed by atoms with Crippen molar-refractivity contribution >= 4 is 17.0 Å². The molecule has 9 nitrogen and oxygen atoms in total. The summed E-state index contributed by atoms with van der Waals surface area (Å²) in [5.41, 5.74) is 2.18. The summed E-state index contributed by atoms with van der Waals surface area (Å²) < 4.78 is 6.69. The first-order valence-electron chi connectivity index (χ1n) is 11.7. The van der Waals surface area contributed by atoms with E-state index in [1.807, 2.05) is 42.5 Å². The summed E-state index contributed by atoms with van der Waals surface area (Å²) in [6, 6.07) is 25.2. The Kier molecular flexibility index (Phi) is 6.78. The van der Waals surface area contributed by atoms with Crippen LogP contribution in [0.3, 0.4) is 0 Å². The Bertz CT molecular complexity index is 1710. The molecule has 0 aliphatic heterocycles. The Morgan fingerprint density at radius 1 is 1.00 bits per heavy atom. The quantitative estimate of drug-likeness (QED) is 0.352. The second-order valence-electron chi connectivity index (χ2n) is 8.39. The van der Waals surface area contributed by atoms with Crippen LogP contribution in [-0.2, 0) is 13.1 Å². The molecule has 0 atom stereocenters. The van der Waals surface area contributed by atoms with Gasteiger partial charge < -0.3 is 19.7 Å². The molecule has 2 aromatic carbocycles. The van der Waals surface area contributed by atoms with Gasteiger partial charge in [0, 0.05) is 29.9 Å². The topological polar surface area (TPSA) is 130 Å². The number of aromatic nitrogens is 3. The van der Waals surface area contributed by atoms with Gasteiger partial charge in [-0.05, 0) is 34.9 Å². The molecular formula is C29H21N5O4. The highest BCUT2D eigenvalue weighted by Gasteiger charge is 2.23. The van der Waals surface area contributed by atoms with Crippen LogP contribution in [0.4, 0.5) is 4.79 Å². The molecule has 0 bridgehead atoms. The zero-order chi connectivity index (χ0) is 26.5. The standard InChI is InChI=1S/C29H21N5O4/c30-16-24-25-23(26(35)27(33-24)38-29(37)32-17-19-11-13-31-14-12-19)15-22(21-9-5-2-6-10-21)28(36)34(25)18-20-7-3-1-4-8-20/h1-15,35H,17-18H2,(H,32,37). The third-order valence-electron chi connectivity index (χ3n) is 5.93. The van der Waals surface area contributed by atoms with Gasteiger partial charge >= 0.3 is 6.09 Å². The van der Waals surface area contributed by atoms with E-state index in [9.17, 15) is 20.0 Å². The fraction of sp³-hybridized carbons (Fsp3) is 0.0690. The van der Waals surface area contributed by atoms with Crippen LogP contribution in [0.2, 0.25) is 0 Å². The number of benzene rings is 2. The summed E-state index contributed by atoms with van der Waals surface area (Å²) in [4.78, 5) is 34.2. The van der Waals surface area contributed by atoms with Crippen LogP contribution in [0.1, 0.15) is 16.8 Å². The van der Waals surface area contributed by atoms with Gasteiger partial charge in [-0.2, -0.15) is 10.2 Å². The number of amides is 1. The molecule has 186 valence electrons. The SMILES string of the molecule is N#Cc1nc(OC(=O)NCc2ccncc2)c(O)c2cc(-c3ccccc3)c(=O)n(Cc3ccccc3)c12. The largest absolute Gasteiger partial charge is 0.503 e. The van der Waals surface area contributed by atoms with Crippen LogP contribution >= 0.6 is 0 Å². The lowest BCUT2D eigenvalue weighted by Crippen LogP contribution is -2.27. The molecule has 2 N–H and O–H groups in total. The maximum Gasteiger partial charge on any atom is 0.414 e. The summed E-state index contributed by atoms with van der Waals surface area (Å²) >= 11 is 0. The number of ether oxygens (including phenoxy) is 1. The smallest absolute Gasteiger partial charge is 0.414 e. The van der Waals surface area contributed by atoms with E-state index in [1.54, 1.807) is 48.8 Å². The maximum atomic E-state index is 13.7. The minimum absolute atomic E-state index is 0.138. The minimum Gasteiger partial charge on any atom is -0.503 e. The second-order valence-corrected chi connectivity index (χ2v) is 8.39. The van der Waals surface area contributed by atoms with Crippen LogP contribution in [0.5, 0.6) is 11.6 Å². The molecule has 9 heteroatoms. The number of pyridine rings is 3. The highest BCUT2D eigenvalue weighted by Crippen LogP contribution is 2.36. The lowest BCUT2D eigenvalue weighted by molar-refractivity contribution is 0.196. The van der Waals surface area contributed by atoms with E-state index in [0.717, 1.165) is 11.1 Å². The van der Waals surface area contributed by atoms with E-state index < -0.39 is 17.7 Å². The molecule has 3 heterocycles. The van der Waals surface area contributed by atoms with Gasteiger partial charge in [0.15, 0.2) is 11.4 Å².